The van der Waals surface area contributed by atoms with E-state index in [-0.39, 0.29) is 5.41 Å². The van der Waals surface area contributed by atoms with E-state index in [4.69, 9.17) is 0 Å². The lowest BCUT2D eigenvalue weighted by molar-refractivity contribution is 0.397. The van der Waals surface area contributed by atoms with E-state index in [1.54, 1.807) is 11.1 Å². The molecule has 0 unspecified atom stereocenters. The van der Waals surface area contributed by atoms with E-state index in [0.29, 0.717) is 0 Å². The molecule has 0 amide bonds. The normalized spacial score (nSPS) is 12.9. The van der Waals surface area contributed by atoms with Crippen LogP contribution in [0.2, 0.25) is 0 Å². The van der Waals surface area contributed by atoms with E-state index >= 15 is 0 Å². The van der Waals surface area contributed by atoms with Gasteiger partial charge >= 0.3 is 0 Å². The molecule has 1 heteroatoms. The summed E-state index contributed by atoms with van der Waals surface area (Å²) in [4.78, 5) is 2.47. The standard InChI is InChI=1S/C50H69N/c1-4-6-8-10-12-14-16-18-20-27-39-50(40-28-21-19-17-15-13-11-9-7-5-2)48-32-26-25-31-46(48)47-38-37-45(41-49(47)50)51(43-29-23-22-24-30-43)44-35-33-42(3)34-36-44/h22-26,29-38,41H,4-21,27-28,39-40H2,1-3H3. The van der Waals surface area contributed by atoms with Crippen molar-refractivity contribution in [1.82, 2.24) is 0 Å². The van der Waals surface area contributed by atoms with Gasteiger partial charge in [0.15, 0.2) is 0 Å². The fourth-order valence-corrected chi connectivity index (χ4v) is 8.79. The minimum Gasteiger partial charge on any atom is -0.310 e. The van der Waals surface area contributed by atoms with Crippen LogP contribution in [0.5, 0.6) is 0 Å². The van der Waals surface area contributed by atoms with Crippen LogP contribution in [0.4, 0.5) is 17.1 Å². The van der Waals surface area contributed by atoms with Crippen molar-refractivity contribution in [3.8, 4) is 11.1 Å². The Labute approximate surface area is 313 Å². The molecule has 0 aliphatic heterocycles. The third kappa shape index (κ3) is 10.8. The number of benzene rings is 4. The van der Waals surface area contributed by atoms with Crippen LogP contribution < -0.4 is 4.90 Å². The van der Waals surface area contributed by atoms with Crippen molar-refractivity contribution < 1.29 is 0 Å². The monoisotopic (exact) mass is 684 g/mol. The van der Waals surface area contributed by atoms with Crippen molar-refractivity contribution >= 4 is 17.1 Å². The summed E-state index contributed by atoms with van der Waals surface area (Å²) in [5.41, 5.74) is 11.2. The van der Waals surface area contributed by atoms with Gasteiger partial charge in [0.05, 0.1) is 0 Å². The minimum absolute atomic E-state index is 0.0812. The molecule has 51 heavy (non-hydrogen) atoms. The first-order valence-corrected chi connectivity index (χ1v) is 21.3. The lowest BCUT2D eigenvalue weighted by atomic mass is 9.70. The summed E-state index contributed by atoms with van der Waals surface area (Å²) >= 11 is 0. The van der Waals surface area contributed by atoms with Gasteiger partial charge in [0.1, 0.15) is 0 Å². The van der Waals surface area contributed by atoms with E-state index in [9.17, 15) is 0 Å². The summed E-state index contributed by atoms with van der Waals surface area (Å²) in [6.45, 7) is 6.81. The largest absolute Gasteiger partial charge is 0.310 e. The zero-order chi connectivity index (χ0) is 35.6. The molecule has 274 valence electrons. The third-order valence-electron chi connectivity index (χ3n) is 11.7. The van der Waals surface area contributed by atoms with Gasteiger partial charge in [-0.05, 0) is 78.4 Å². The Hall–Kier alpha value is -3.32. The predicted molar refractivity (Wildman–Crippen MR) is 225 cm³/mol. The third-order valence-corrected chi connectivity index (χ3v) is 11.7. The van der Waals surface area contributed by atoms with Gasteiger partial charge in [0, 0.05) is 22.5 Å². The molecule has 0 fully saturated rings. The van der Waals surface area contributed by atoms with E-state index < -0.39 is 0 Å². The quantitative estimate of drug-likeness (QED) is 0.0629. The van der Waals surface area contributed by atoms with Crippen LogP contribution in [-0.2, 0) is 5.41 Å². The molecular formula is C50H69N. The van der Waals surface area contributed by atoms with E-state index in [1.165, 1.54) is 175 Å². The van der Waals surface area contributed by atoms with Crippen LogP contribution in [0.25, 0.3) is 11.1 Å². The summed E-state index contributed by atoms with van der Waals surface area (Å²) in [6, 6.07) is 36.9. The van der Waals surface area contributed by atoms with Crippen molar-refractivity contribution in [2.24, 2.45) is 0 Å². The zero-order valence-corrected chi connectivity index (χ0v) is 32.7. The molecular weight excluding hydrogens is 615 g/mol. The summed E-state index contributed by atoms with van der Waals surface area (Å²) in [5, 5.41) is 0. The second-order valence-corrected chi connectivity index (χ2v) is 15.7. The SMILES string of the molecule is CCCCCCCCCCCCC1(CCCCCCCCCCCC)c2ccccc2-c2ccc(N(c3ccccc3)c3ccc(C)cc3)cc21. The van der Waals surface area contributed by atoms with Crippen LogP contribution in [0.1, 0.15) is 172 Å². The van der Waals surface area contributed by atoms with Crippen molar-refractivity contribution in [1.29, 1.82) is 0 Å². The number of aryl methyl sites for hydroxylation is 1. The second kappa shape index (κ2) is 21.3. The number of unbranched alkanes of at least 4 members (excludes halogenated alkanes) is 18. The average molecular weight is 684 g/mol. The molecule has 0 atom stereocenters. The first-order valence-electron chi connectivity index (χ1n) is 21.3. The molecule has 0 saturated carbocycles. The predicted octanol–water partition coefficient (Wildman–Crippen LogP) is 16.4. The summed E-state index contributed by atoms with van der Waals surface area (Å²) in [6.07, 6.45) is 30.2. The van der Waals surface area contributed by atoms with Gasteiger partial charge in [-0.15, -0.1) is 0 Å². The van der Waals surface area contributed by atoms with E-state index in [0.717, 1.165) is 0 Å². The molecule has 0 spiro atoms. The van der Waals surface area contributed by atoms with Gasteiger partial charge in [-0.25, -0.2) is 0 Å². The van der Waals surface area contributed by atoms with Gasteiger partial charge in [0.2, 0.25) is 0 Å². The highest BCUT2D eigenvalue weighted by molar-refractivity contribution is 5.85. The number of fused-ring (bicyclic) bond motifs is 3. The lowest BCUT2D eigenvalue weighted by Gasteiger charge is -2.34. The Kier molecular flexibility index (Phi) is 16.2. The van der Waals surface area contributed by atoms with Crippen LogP contribution in [0.15, 0.2) is 97.1 Å². The maximum Gasteiger partial charge on any atom is 0.0465 e. The molecule has 1 aliphatic rings. The molecule has 0 radical (unpaired) electrons. The van der Waals surface area contributed by atoms with Gasteiger partial charge in [-0.1, -0.05) is 208 Å². The van der Waals surface area contributed by atoms with Crippen LogP contribution >= 0.6 is 0 Å². The summed E-state index contributed by atoms with van der Waals surface area (Å²) in [5.74, 6) is 0. The van der Waals surface area contributed by atoms with Crippen molar-refractivity contribution in [2.75, 3.05) is 4.90 Å². The molecule has 0 saturated heterocycles. The molecule has 0 heterocycles. The van der Waals surface area contributed by atoms with Crippen LogP contribution in [0.3, 0.4) is 0 Å². The van der Waals surface area contributed by atoms with Gasteiger partial charge < -0.3 is 4.90 Å². The number of anilines is 3. The lowest BCUT2D eigenvalue weighted by Crippen LogP contribution is -2.26. The van der Waals surface area contributed by atoms with Gasteiger partial charge in [0.25, 0.3) is 0 Å². The number of rotatable bonds is 25. The maximum absolute atomic E-state index is 2.59. The summed E-state index contributed by atoms with van der Waals surface area (Å²) in [7, 11) is 0. The Morgan fingerprint density at radius 3 is 1.37 bits per heavy atom. The van der Waals surface area contributed by atoms with Crippen molar-refractivity contribution in [2.45, 2.75) is 167 Å². The Morgan fingerprint density at radius 1 is 0.392 bits per heavy atom. The molecule has 4 aromatic rings. The second-order valence-electron chi connectivity index (χ2n) is 15.7. The summed E-state index contributed by atoms with van der Waals surface area (Å²) < 4.78 is 0. The van der Waals surface area contributed by atoms with Crippen molar-refractivity contribution in [3.63, 3.8) is 0 Å². The number of hydrogen-bond donors (Lipinski definition) is 0. The molecule has 1 aliphatic carbocycles. The molecule has 0 bridgehead atoms. The number of nitrogens with zero attached hydrogens (tertiary/aromatic N) is 1. The smallest absolute Gasteiger partial charge is 0.0465 e. The number of hydrogen-bond acceptors (Lipinski definition) is 1. The van der Waals surface area contributed by atoms with Gasteiger partial charge in [-0.2, -0.15) is 0 Å². The highest BCUT2D eigenvalue weighted by Gasteiger charge is 2.42. The van der Waals surface area contributed by atoms with E-state index in [1.807, 2.05) is 0 Å². The topological polar surface area (TPSA) is 3.24 Å². The Balaban J connectivity index is 1.38. The minimum atomic E-state index is 0.0812. The zero-order valence-electron chi connectivity index (χ0n) is 32.7. The molecule has 0 N–H and O–H groups in total. The Bertz CT molecular complexity index is 1510. The first-order chi connectivity index (χ1) is 25.2. The van der Waals surface area contributed by atoms with Crippen LogP contribution in [-0.4, -0.2) is 0 Å². The van der Waals surface area contributed by atoms with E-state index in [2.05, 4.69) is 123 Å². The van der Waals surface area contributed by atoms with Crippen molar-refractivity contribution in [3.05, 3.63) is 114 Å². The average Bonchev–Trinajstić information content (AvgIpc) is 3.43. The van der Waals surface area contributed by atoms with Gasteiger partial charge in [-0.3, -0.25) is 0 Å². The molecule has 4 aromatic carbocycles. The highest BCUT2D eigenvalue weighted by atomic mass is 15.1. The maximum atomic E-state index is 2.59. The highest BCUT2D eigenvalue weighted by Crippen LogP contribution is 2.55. The fourth-order valence-electron chi connectivity index (χ4n) is 8.79. The van der Waals surface area contributed by atoms with Crippen LogP contribution in [0, 0.1) is 6.92 Å². The molecule has 5 rings (SSSR count). The molecule has 1 nitrogen and oxygen atoms in total. The molecule has 0 aromatic heterocycles. The first kappa shape index (κ1) is 38.9. The number of para-hydroxylation sites is 1. The Morgan fingerprint density at radius 2 is 0.824 bits per heavy atom. The fraction of sp³-hybridized carbons (Fsp3) is 0.520.